The van der Waals surface area contributed by atoms with Crippen LogP contribution in [0, 0.1) is 0 Å². The summed E-state index contributed by atoms with van der Waals surface area (Å²) in [5.41, 5.74) is 0. The first-order valence-corrected chi connectivity index (χ1v) is 5.05. The normalized spacial score (nSPS) is 15.2. The van der Waals surface area contributed by atoms with Crippen LogP contribution in [0.15, 0.2) is 0 Å². The molecule has 0 saturated carbocycles. The molecular weight excluding hydrogens is 210 g/mol. The van der Waals surface area contributed by atoms with Crippen molar-refractivity contribution >= 4 is 17.3 Å². The fourth-order valence-electron chi connectivity index (χ4n) is 0.756. The average Bonchev–Trinajstić information content (AvgIpc) is 2.02. The molecule has 14 heavy (non-hydrogen) atoms. The van der Waals surface area contributed by atoms with Crippen LogP contribution < -0.4 is 0 Å². The number of ether oxygens (including phenoxy) is 1. The molecule has 7 heteroatoms. The Morgan fingerprint density at radius 3 is 2.50 bits per heavy atom. The molecule has 0 saturated heterocycles. The van der Waals surface area contributed by atoms with Crippen molar-refractivity contribution in [1.29, 1.82) is 0 Å². The molecule has 0 fully saturated rings. The van der Waals surface area contributed by atoms with Crippen LogP contribution in [-0.4, -0.2) is 46.6 Å². The van der Waals surface area contributed by atoms with Crippen molar-refractivity contribution < 1.29 is 22.5 Å². The van der Waals surface area contributed by atoms with Gasteiger partial charge in [0.25, 0.3) is 0 Å². The quantitative estimate of drug-likeness (QED) is 0.348. The van der Waals surface area contributed by atoms with Gasteiger partial charge in [-0.15, -0.1) is 0 Å². The van der Waals surface area contributed by atoms with Gasteiger partial charge in [0.05, 0.1) is 24.4 Å². The van der Waals surface area contributed by atoms with Gasteiger partial charge in [-0.1, -0.05) is 0 Å². The van der Waals surface area contributed by atoms with E-state index >= 15 is 0 Å². The van der Waals surface area contributed by atoms with Gasteiger partial charge in [0.2, 0.25) is 0 Å². The molecule has 0 aliphatic heterocycles. The smallest absolute Gasteiger partial charge is 0.309 e. The first kappa shape index (κ1) is 13.5. The molecule has 0 aliphatic carbocycles. The van der Waals surface area contributed by atoms with Gasteiger partial charge in [-0.2, -0.15) is 0 Å². The highest BCUT2D eigenvalue weighted by Gasteiger charge is 2.17. The van der Waals surface area contributed by atoms with E-state index in [2.05, 4.69) is 8.92 Å². The highest BCUT2D eigenvalue weighted by atomic mass is 32.2. The van der Waals surface area contributed by atoms with Crippen molar-refractivity contribution in [3.05, 3.63) is 0 Å². The fourth-order valence-corrected chi connectivity index (χ4v) is 1.18. The molecule has 0 N–H and O–H groups in total. The van der Waals surface area contributed by atoms with Gasteiger partial charge in [-0.05, 0) is 21.0 Å². The lowest BCUT2D eigenvalue weighted by Crippen LogP contribution is -2.34. The second-order valence-electron chi connectivity index (χ2n) is 2.73. The predicted octanol–water partition coefficient (Wildman–Crippen LogP) is -0.362. The third kappa shape index (κ3) is 6.03. The zero-order valence-electron chi connectivity index (χ0n) is 8.39. The highest BCUT2D eigenvalue weighted by Crippen LogP contribution is 2.04. The van der Waals surface area contributed by atoms with Gasteiger partial charge in [0, 0.05) is 0 Å². The maximum atomic E-state index is 11.0. The summed E-state index contributed by atoms with van der Waals surface area (Å²) in [5, 5.41) is 0. The van der Waals surface area contributed by atoms with Crippen LogP contribution in [0.2, 0.25) is 0 Å². The summed E-state index contributed by atoms with van der Waals surface area (Å²) in [6, 6.07) is 0. The molecule has 0 amide bonds. The van der Waals surface area contributed by atoms with E-state index in [9.17, 15) is 13.6 Å². The van der Waals surface area contributed by atoms with E-state index in [-0.39, 0.29) is 13.0 Å². The zero-order valence-corrected chi connectivity index (χ0v) is 9.20. The summed E-state index contributed by atoms with van der Waals surface area (Å²) in [7, 11) is 3.22. The molecule has 0 aromatic carbocycles. The van der Waals surface area contributed by atoms with Crippen LogP contribution in [0.25, 0.3) is 0 Å². The highest BCUT2D eigenvalue weighted by molar-refractivity contribution is 7.74. The minimum absolute atomic E-state index is 0.116. The molecule has 0 spiro atoms. The fraction of sp³-hybridized carbons (Fsp3) is 0.857. The van der Waals surface area contributed by atoms with Gasteiger partial charge in [0.15, 0.2) is 0 Å². The van der Waals surface area contributed by atoms with Gasteiger partial charge in [0.1, 0.15) is 6.23 Å². The summed E-state index contributed by atoms with van der Waals surface area (Å²) < 4.78 is 29.6. The van der Waals surface area contributed by atoms with Crippen LogP contribution in [0.3, 0.4) is 0 Å². The molecule has 2 atom stereocenters. The molecule has 0 rings (SSSR count). The van der Waals surface area contributed by atoms with Crippen LogP contribution >= 0.6 is 0 Å². The van der Waals surface area contributed by atoms with Crippen molar-refractivity contribution in [2.24, 2.45) is 0 Å². The van der Waals surface area contributed by atoms with Crippen LogP contribution in [0.4, 0.5) is 0 Å². The summed E-state index contributed by atoms with van der Waals surface area (Å²) in [6.07, 6.45) is -0.929. The average molecular weight is 224 g/mol. The Morgan fingerprint density at radius 1 is 1.57 bits per heavy atom. The van der Waals surface area contributed by atoms with E-state index in [1.165, 1.54) is 4.90 Å². The zero-order chi connectivity index (χ0) is 11.1. The standard InChI is InChI=1S/C7H15NO5S/c1-4-12-7(9)5-6(8(2)3)13-14(10)11/h6H,4-5H2,1-3H3,(H,10,11)/p-1. The molecule has 0 radical (unpaired) electrons. The largest absolute Gasteiger partial charge is 0.750 e. The maximum absolute atomic E-state index is 11.0. The van der Waals surface area contributed by atoms with Crippen molar-refractivity contribution in [2.75, 3.05) is 20.7 Å². The molecule has 6 nitrogen and oxygen atoms in total. The van der Waals surface area contributed by atoms with Gasteiger partial charge >= 0.3 is 5.97 Å². The molecule has 0 aromatic rings. The van der Waals surface area contributed by atoms with Crippen LogP contribution in [0.1, 0.15) is 13.3 Å². The molecule has 0 heterocycles. The number of carbonyl (C=O) groups excluding carboxylic acids is 1. The van der Waals surface area contributed by atoms with E-state index < -0.39 is 23.6 Å². The summed E-state index contributed by atoms with van der Waals surface area (Å²) in [6.45, 7) is 1.94. The number of esters is 1. The predicted molar refractivity (Wildman–Crippen MR) is 48.7 cm³/mol. The molecular formula is C7H14NO5S-. The number of rotatable bonds is 6. The first-order valence-electron chi connectivity index (χ1n) is 4.05. The minimum Gasteiger partial charge on any atom is -0.750 e. The Balaban J connectivity index is 4.09. The number of nitrogens with zero attached hydrogens (tertiary/aromatic N) is 1. The van der Waals surface area contributed by atoms with E-state index in [1.54, 1.807) is 21.0 Å². The minimum atomic E-state index is -2.64. The van der Waals surface area contributed by atoms with Gasteiger partial charge in [-0.3, -0.25) is 13.9 Å². The Labute approximate surface area is 85.7 Å². The van der Waals surface area contributed by atoms with Crippen LogP contribution in [0.5, 0.6) is 0 Å². The number of carbonyl (C=O) groups is 1. The lowest BCUT2D eigenvalue weighted by molar-refractivity contribution is -0.146. The Kier molecular flexibility index (Phi) is 6.64. The van der Waals surface area contributed by atoms with Crippen molar-refractivity contribution in [1.82, 2.24) is 4.90 Å². The van der Waals surface area contributed by atoms with E-state index in [0.717, 1.165) is 0 Å². The third-order valence-corrected chi connectivity index (χ3v) is 1.79. The molecule has 0 aliphatic rings. The molecule has 84 valence electrons. The molecule has 2 unspecified atom stereocenters. The summed E-state index contributed by atoms with van der Waals surface area (Å²) in [5.74, 6) is -0.489. The third-order valence-electron chi connectivity index (χ3n) is 1.41. The first-order chi connectivity index (χ1) is 6.47. The second-order valence-corrected chi connectivity index (χ2v) is 3.33. The van der Waals surface area contributed by atoms with Crippen molar-refractivity contribution in [2.45, 2.75) is 19.6 Å². The van der Waals surface area contributed by atoms with Crippen molar-refractivity contribution in [3.63, 3.8) is 0 Å². The van der Waals surface area contributed by atoms with E-state index in [4.69, 9.17) is 0 Å². The SMILES string of the molecule is CCOC(=O)CC(OS(=O)[O-])N(C)C. The van der Waals surface area contributed by atoms with Crippen molar-refractivity contribution in [3.8, 4) is 0 Å². The second kappa shape index (κ2) is 6.88. The number of hydrogen-bond donors (Lipinski definition) is 0. The molecule has 0 aromatic heterocycles. The molecule has 0 bridgehead atoms. The monoisotopic (exact) mass is 224 g/mol. The summed E-state index contributed by atoms with van der Waals surface area (Å²) >= 11 is -2.64. The summed E-state index contributed by atoms with van der Waals surface area (Å²) in [4.78, 5) is 12.5. The lowest BCUT2D eigenvalue weighted by atomic mass is 10.3. The van der Waals surface area contributed by atoms with E-state index in [0.29, 0.717) is 0 Å². The Bertz CT molecular complexity index is 208. The van der Waals surface area contributed by atoms with Gasteiger partial charge in [-0.25, -0.2) is 4.21 Å². The van der Waals surface area contributed by atoms with E-state index in [1.807, 2.05) is 0 Å². The Morgan fingerprint density at radius 2 is 2.14 bits per heavy atom. The Hall–Kier alpha value is -0.500. The maximum Gasteiger partial charge on any atom is 0.309 e. The number of hydrogen-bond acceptors (Lipinski definition) is 6. The van der Waals surface area contributed by atoms with Gasteiger partial charge < -0.3 is 9.29 Å². The van der Waals surface area contributed by atoms with Crippen LogP contribution in [-0.2, 0) is 25.1 Å². The lowest BCUT2D eigenvalue weighted by Gasteiger charge is -2.23. The topological polar surface area (TPSA) is 78.9 Å².